The molecule has 0 unspecified atom stereocenters. The second kappa shape index (κ2) is 8.30. The zero-order valence-electron chi connectivity index (χ0n) is 15.8. The van der Waals surface area contributed by atoms with Gasteiger partial charge in [0, 0.05) is 30.2 Å². The summed E-state index contributed by atoms with van der Waals surface area (Å²) in [7, 11) is 0. The number of hydrogen-bond donors (Lipinski definition) is 0. The Hall–Kier alpha value is -3.78. The Bertz CT molecular complexity index is 1180. The molecule has 0 spiro atoms. The van der Waals surface area contributed by atoms with Crippen LogP contribution < -0.4 is 0 Å². The van der Waals surface area contributed by atoms with Crippen LogP contribution in [0.1, 0.15) is 30.9 Å². The summed E-state index contributed by atoms with van der Waals surface area (Å²) in [5, 5.41) is 17.1. The van der Waals surface area contributed by atoms with Crippen LogP contribution >= 0.6 is 0 Å². The fourth-order valence-electron chi connectivity index (χ4n) is 2.56. The maximum atomic E-state index is 8.94. The second-order valence-corrected chi connectivity index (χ2v) is 6.49. The molecule has 4 heterocycles. The van der Waals surface area contributed by atoms with Crippen molar-refractivity contribution < 1.29 is 20.4 Å². The van der Waals surface area contributed by atoms with Crippen molar-refractivity contribution in [1.82, 2.24) is 39.5 Å². The summed E-state index contributed by atoms with van der Waals surface area (Å²) in [6.45, 7) is 10.9. The quantitative estimate of drug-likeness (QED) is 0.320. The van der Waals surface area contributed by atoms with Crippen LogP contribution in [-0.4, -0.2) is 39.5 Å². The average molecular weight is 487 g/mol. The molecule has 0 atom stereocenters. The fourth-order valence-corrected chi connectivity index (χ4v) is 2.56. The molecule has 0 fully saturated rings. The molecule has 0 saturated heterocycles. The van der Waals surface area contributed by atoms with Gasteiger partial charge in [0.25, 0.3) is 0 Å². The maximum absolute atomic E-state index is 8.94. The molecule has 0 N–H and O–H groups in total. The van der Waals surface area contributed by atoms with Crippen molar-refractivity contribution in [2.75, 3.05) is 0 Å². The number of rotatable bonds is 4. The predicted molar refractivity (Wildman–Crippen MR) is 99.1 cm³/mol. The minimum atomic E-state index is -0.646. The standard InChI is InChI=1S/C19H12N10.Pd/c1-19(2,14-9-22-11-17(24-14)28-6-4-13(8-20)26-28)15-10-23-12-18(25-15)29-7-5-16(21-3)27-29;/h4-5,9-12H,1-2H3;/q-2;+2. The van der Waals surface area contributed by atoms with Crippen molar-refractivity contribution in [3.05, 3.63) is 77.8 Å². The summed E-state index contributed by atoms with van der Waals surface area (Å²) in [5.41, 5.74) is 0.865. The van der Waals surface area contributed by atoms with E-state index in [-0.39, 0.29) is 31.9 Å². The summed E-state index contributed by atoms with van der Waals surface area (Å²) in [4.78, 5) is 21.0. The first-order chi connectivity index (χ1) is 14.0. The van der Waals surface area contributed by atoms with Gasteiger partial charge in [0.15, 0.2) is 0 Å². The van der Waals surface area contributed by atoms with Crippen LogP contribution in [0, 0.1) is 30.3 Å². The van der Waals surface area contributed by atoms with Crippen LogP contribution in [0.2, 0.25) is 0 Å². The third-order valence-corrected chi connectivity index (χ3v) is 4.24. The first-order valence-electron chi connectivity index (χ1n) is 8.40. The topological polar surface area (TPSA) is 115 Å². The van der Waals surface area contributed by atoms with Gasteiger partial charge < -0.3 is 9.53 Å². The van der Waals surface area contributed by atoms with Crippen LogP contribution in [-0.2, 0) is 25.8 Å². The minimum absolute atomic E-state index is 0. The Labute approximate surface area is 185 Å². The molecule has 30 heavy (non-hydrogen) atoms. The average Bonchev–Trinajstić information content (AvgIpc) is 3.43. The van der Waals surface area contributed by atoms with E-state index in [0.29, 0.717) is 23.0 Å². The Balaban J connectivity index is 0.00000256. The number of nitrogens with zero attached hydrogens (tertiary/aromatic N) is 10. The predicted octanol–water partition coefficient (Wildman–Crippen LogP) is 1.98. The molecule has 11 heteroatoms. The Morgan fingerprint density at radius 3 is 2.03 bits per heavy atom. The SMILES string of the molecule is [C-]#[N+]c1c[c-]n(-c2cncc(C(C)(C)c3cncc(-n4[c-]cc(C#N)n4)n3)n2)n1.[Pd+2]. The van der Waals surface area contributed by atoms with E-state index in [1.807, 2.05) is 19.9 Å². The van der Waals surface area contributed by atoms with E-state index in [0.717, 1.165) is 0 Å². The molecule has 10 nitrogen and oxygen atoms in total. The van der Waals surface area contributed by atoms with Crippen molar-refractivity contribution in [2.45, 2.75) is 19.3 Å². The molecule has 4 aromatic rings. The number of nitriles is 1. The van der Waals surface area contributed by atoms with E-state index in [9.17, 15) is 0 Å². The van der Waals surface area contributed by atoms with E-state index in [1.165, 1.54) is 27.7 Å². The molecule has 0 aromatic carbocycles. The Morgan fingerprint density at radius 2 is 1.53 bits per heavy atom. The summed E-state index contributed by atoms with van der Waals surface area (Å²) in [6, 6.07) is 4.92. The normalized spacial score (nSPS) is 10.7. The van der Waals surface area contributed by atoms with Gasteiger partial charge in [0.2, 0.25) is 0 Å². The molecule has 4 aromatic heterocycles. The summed E-state index contributed by atoms with van der Waals surface area (Å²) < 4.78 is 2.75. The van der Waals surface area contributed by atoms with Gasteiger partial charge in [-0.1, -0.05) is 12.8 Å². The Morgan fingerprint density at radius 1 is 0.967 bits per heavy atom. The molecule has 0 amide bonds. The monoisotopic (exact) mass is 486 g/mol. The van der Waals surface area contributed by atoms with E-state index in [1.54, 1.807) is 18.6 Å². The molecule has 0 radical (unpaired) electrons. The van der Waals surface area contributed by atoms with Gasteiger partial charge in [-0.05, 0) is 31.2 Å². The van der Waals surface area contributed by atoms with Gasteiger partial charge in [-0.2, -0.15) is 0 Å². The first-order valence-corrected chi connectivity index (χ1v) is 8.40. The van der Waals surface area contributed by atoms with Crippen molar-refractivity contribution in [1.29, 1.82) is 5.26 Å². The van der Waals surface area contributed by atoms with Gasteiger partial charge in [-0.3, -0.25) is 19.9 Å². The summed E-state index contributed by atoms with van der Waals surface area (Å²) in [5.74, 6) is 1.10. The summed E-state index contributed by atoms with van der Waals surface area (Å²) in [6.07, 6.45) is 12.1. The second-order valence-electron chi connectivity index (χ2n) is 6.49. The third kappa shape index (κ3) is 3.85. The molecule has 0 aliphatic heterocycles. The van der Waals surface area contributed by atoms with E-state index >= 15 is 0 Å². The molecular weight excluding hydrogens is 475 g/mol. The molecule has 0 aliphatic carbocycles. The Kier molecular flexibility index (Phi) is 5.80. The van der Waals surface area contributed by atoms with Gasteiger partial charge in [-0.15, -0.1) is 6.07 Å². The van der Waals surface area contributed by atoms with Crippen molar-refractivity contribution >= 4 is 5.82 Å². The van der Waals surface area contributed by atoms with E-state index in [4.69, 9.17) is 11.8 Å². The minimum Gasteiger partial charge on any atom is -0.341 e. The van der Waals surface area contributed by atoms with Gasteiger partial charge in [0.1, 0.15) is 0 Å². The van der Waals surface area contributed by atoms with Crippen LogP contribution in [0.5, 0.6) is 0 Å². The van der Waals surface area contributed by atoms with Crippen LogP contribution in [0.3, 0.4) is 0 Å². The molecule has 4 rings (SSSR count). The van der Waals surface area contributed by atoms with Gasteiger partial charge in [0.05, 0.1) is 34.8 Å². The first kappa shape index (κ1) is 20.9. The zero-order chi connectivity index (χ0) is 20.4. The van der Waals surface area contributed by atoms with Gasteiger partial charge in [-0.25, -0.2) is 15.0 Å². The maximum Gasteiger partial charge on any atom is 2.00 e. The molecule has 0 bridgehead atoms. The summed E-state index contributed by atoms with van der Waals surface area (Å²) >= 11 is 0. The smallest absolute Gasteiger partial charge is 0.341 e. The van der Waals surface area contributed by atoms with Crippen LogP contribution in [0.4, 0.5) is 5.82 Å². The molecule has 0 aliphatic rings. The fraction of sp³-hybridized carbons (Fsp3) is 0.158. The molecule has 148 valence electrons. The molecular formula is C19H12N10Pd. The van der Waals surface area contributed by atoms with E-state index in [2.05, 4.69) is 47.4 Å². The van der Waals surface area contributed by atoms with Crippen LogP contribution in [0.25, 0.3) is 16.5 Å². The van der Waals surface area contributed by atoms with Crippen LogP contribution in [0.15, 0.2) is 36.9 Å². The largest absolute Gasteiger partial charge is 2.00 e. The number of aromatic nitrogens is 8. The van der Waals surface area contributed by atoms with Gasteiger partial charge >= 0.3 is 26.2 Å². The van der Waals surface area contributed by atoms with Crippen molar-refractivity contribution in [3.63, 3.8) is 0 Å². The van der Waals surface area contributed by atoms with Crippen molar-refractivity contribution in [3.8, 4) is 17.7 Å². The zero-order valence-corrected chi connectivity index (χ0v) is 17.3. The van der Waals surface area contributed by atoms with Crippen molar-refractivity contribution in [2.24, 2.45) is 0 Å². The molecule has 0 saturated carbocycles. The third-order valence-electron chi connectivity index (χ3n) is 4.24. The van der Waals surface area contributed by atoms with E-state index < -0.39 is 5.41 Å². The number of hydrogen-bond acceptors (Lipinski definition) is 7.